The molecule has 11 heteroatoms. The first-order chi connectivity index (χ1) is 10.1. The van der Waals surface area contributed by atoms with Crippen molar-refractivity contribution in [1.29, 1.82) is 0 Å². The van der Waals surface area contributed by atoms with Crippen molar-refractivity contribution in [2.75, 3.05) is 14.2 Å². The van der Waals surface area contributed by atoms with Crippen LogP contribution in [0.4, 0.5) is 0 Å². The number of carbonyl (C=O) groups is 2. The average Bonchev–Trinajstić information content (AvgIpc) is 2.94. The van der Waals surface area contributed by atoms with Gasteiger partial charge in [0.15, 0.2) is 5.69 Å². The van der Waals surface area contributed by atoms with E-state index in [1.807, 2.05) is 0 Å². The van der Waals surface area contributed by atoms with Gasteiger partial charge < -0.3 is 10.1 Å². The van der Waals surface area contributed by atoms with Crippen molar-refractivity contribution >= 4 is 23.6 Å². The Hall–Kier alpha value is -2.56. The number of rotatable bonds is 5. The van der Waals surface area contributed by atoms with Crippen LogP contribution in [-0.4, -0.2) is 56.4 Å². The smallest absolute Gasteiger partial charge is 0.327 e. The molecule has 0 aliphatic heterocycles. The van der Waals surface area contributed by atoms with E-state index in [-0.39, 0.29) is 18.1 Å². The number of ether oxygens (including phenoxy) is 1. The van der Waals surface area contributed by atoms with Gasteiger partial charge in [0.25, 0.3) is 5.91 Å². The molecule has 1 N–H and O–H groups in total. The van der Waals surface area contributed by atoms with Crippen LogP contribution in [0.2, 0.25) is 0 Å². The average molecular weight is 309 g/mol. The van der Waals surface area contributed by atoms with Gasteiger partial charge in [0, 0.05) is 7.05 Å². The third kappa shape index (κ3) is 3.72. The van der Waals surface area contributed by atoms with Gasteiger partial charge in [-0.05, 0) is 34.3 Å². The lowest BCUT2D eigenvalue weighted by molar-refractivity contribution is -0.141. The number of hydrogen-bond donors (Lipinski definition) is 1. The zero-order chi connectivity index (χ0) is 15.2. The first-order valence-electron chi connectivity index (χ1n) is 5.70. The van der Waals surface area contributed by atoms with Crippen LogP contribution in [0.25, 0.3) is 0 Å². The Morgan fingerprint density at radius 3 is 2.76 bits per heavy atom. The van der Waals surface area contributed by atoms with Crippen LogP contribution in [0.1, 0.15) is 10.5 Å². The van der Waals surface area contributed by atoms with Gasteiger partial charge in [-0.1, -0.05) is 0 Å². The molecule has 0 spiro atoms. The fourth-order valence-electron chi connectivity index (χ4n) is 1.27. The zero-order valence-corrected chi connectivity index (χ0v) is 12.0. The number of methoxy groups -OCH3 is 1. The van der Waals surface area contributed by atoms with Gasteiger partial charge in [0.2, 0.25) is 5.16 Å². The number of esters is 1. The van der Waals surface area contributed by atoms with E-state index in [0.29, 0.717) is 10.2 Å². The summed E-state index contributed by atoms with van der Waals surface area (Å²) in [5, 5.41) is 21.9. The van der Waals surface area contributed by atoms with Crippen molar-refractivity contribution in [3.63, 3.8) is 0 Å². The predicted octanol–water partition coefficient (Wildman–Crippen LogP) is -0.853. The van der Waals surface area contributed by atoms with Crippen LogP contribution in [-0.2, 0) is 16.1 Å². The van der Waals surface area contributed by atoms with E-state index in [9.17, 15) is 9.59 Å². The van der Waals surface area contributed by atoms with E-state index >= 15 is 0 Å². The number of nitrogens with zero attached hydrogens (tertiary/aromatic N) is 6. The normalized spacial score (nSPS) is 10.2. The minimum Gasteiger partial charge on any atom is -0.468 e. The van der Waals surface area contributed by atoms with Gasteiger partial charge in [-0.25, -0.2) is 4.68 Å². The quantitative estimate of drug-likeness (QED) is 0.703. The summed E-state index contributed by atoms with van der Waals surface area (Å²) in [7, 11) is 2.79. The van der Waals surface area contributed by atoms with Gasteiger partial charge in [0.05, 0.1) is 7.11 Å². The van der Waals surface area contributed by atoms with Crippen LogP contribution in [0, 0.1) is 0 Å². The Kier molecular flexibility index (Phi) is 4.77. The summed E-state index contributed by atoms with van der Waals surface area (Å²) in [4.78, 5) is 22.6. The first kappa shape index (κ1) is 14.8. The molecule has 0 bridgehead atoms. The Balaban J connectivity index is 2.10. The predicted molar refractivity (Wildman–Crippen MR) is 69.4 cm³/mol. The minimum absolute atomic E-state index is 0.102. The largest absolute Gasteiger partial charge is 0.468 e. The SMILES string of the molecule is CNC(=O)c1ccc(Sc2nnnn2CC(=O)OC)nn1. The van der Waals surface area contributed by atoms with Gasteiger partial charge in [-0.3, -0.25) is 9.59 Å². The van der Waals surface area contributed by atoms with Crippen molar-refractivity contribution in [3.8, 4) is 0 Å². The molecule has 2 rings (SSSR count). The summed E-state index contributed by atoms with van der Waals surface area (Å²) in [6.07, 6.45) is 0. The molecule has 1 amide bonds. The van der Waals surface area contributed by atoms with Crippen molar-refractivity contribution in [1.82, 2.24) is 35.7 Å². The van der Waals surface area contributed by atoms with Crippen molar-refractivity contribution < 1.29 is 14.3 Å². The molecule has 0 radical (unpaired) electrons. The standard InChI is InChI=1S/C10H11N7O3S/c1-11-9(19)6-3-4-7(13-12-6)21-10-14-15-16-17(10)5-8(18)20-2/h3-4H,5H2,1-2H3,(H,11,19). The molecule has 2 aromatic rings. The minimum atomic E-state index is -0.467. The number of nitrogens with one attached hydrogen (secondary N) is 1. The van der Waals surface area contributed by atoms with Crippen LogP contribution in [0.3, 0.4) is 0 Å². The second-order valence-electron chi connectivity index (χ2n) is 3.63. The van der Waals surface area contributed by atoms with E-state index < -0.39 is 5.97 Å². The Labute approximate surface area is 123 Å². The molecule has 21 heavy (non-hydrogen) atoms. The highest BCUT2D eigenvalue weighted by Gasteiger charge is 2.13. The Morgan fingerprint density at radius 1 is 1.33 bits per heavy atom. The van der Waals surface area contributed by atoms with Crippen LogP contribution in [0.15, 0.2) is 22.3 Å². The maximum atomic E-state index is 11.3. The highest BCUT2D eigenvalue weighted by molar-refractivity contribution is 7.99. The number of amides is 1. The van der Waals surface area contributed by atoms with Crippen molar-refractivity contribution in [3.05, 3.63) is 17.8 Å². The Morgan fingerprint density at radius 2 is 2.14 bits per heavy atom. The summed E-state index contributed by atoms with van der Waals surface area (Å²) in [6, 6.07) is 3.14. The van der Waals surface area contributed by atoms with E-state index in [1.165, 1.54) is 24.9 Å². The molecular formula is C10H11N7O3S. The number of carbonyl (C=O) groups excluding carboxylic acids is 2. The number of aromatic nitrogens is 6. The summed E-state index contributed by atoms with van der Waals surface area (Å²) >= 11 is 1.12. The highest BCUT2D eigenvalue weighted by Crippen LogP contribution is 2.22. The van der Waals surface area contributed by atoms with Gasteiger partial charge >= 0.3 is 5.97 Å². The molecule has 0 saturated heterocycles. The molecule has 0 unspecified atom stereocenters. The van der Waals surface area contributed by atoms with Crippen molar-refractivity contribution in [2.45, 2.75) is 16.7 Å². The van der Waals surface area contributed by atoms with E-state index in [2.05, 4.69) is 35.8 Å². The van der Waals surface area contributed by atoms with Gasteiger partial charge in [0.1, 0.15) is 11.6 Å². The second-order valence-corrected chi connectivity index (χ2v) is 4.62. The van der Waals surface area contributed by atoms with Gasteiger partial charge in [-0.2, -0.15) is 0 Å². The molecule has 2 aromatic heterocycles. The van der Waals surface area contributed by atoms with Crippen LogP contribution < -0.4 is 5.32 Å². The van der Waals surface area contributed by atoms with Crippen LogP contribution in [0.5, 0.6) is 0 Å². The lowest BCUT2D eigenvalue weighted by atomic mass is 10.4. The summed E-state index contributed by atoms with van der Waals surface area (Å²) in [5.74, 6) is -0.792. The molecule has 2 heterocycles. The number of tetrazole rings is 1. The fourth-order valence-corrected chi connectivity index (χ4v) is 1.96. The second kappa shape index (κ2) is 6.74. The maximum Gasteiger partial charge on any atom is 0.327 e. The summed E-state index contributed by atoms with van der Waals surface area (Å²) in [6.45, 7) is -0.102. The molecule has 10 nitrogen and oxygen atoms in total. The molecule has 0 atom stereocenters. The maximum absolute atomic E-state index is 11.3. The van der Waals surface area contributed by atoms with Crippen LogP contribution >= 0.6 is 11.8 Å². The zero-order valence-electron chi connectivity index (χ0n) is 11.2. The Bertz CT molecular complexity index is 642. The molecule has 0 aliphatic rings. The lowest BCUT2D eigenvalue weighted by Crippen LogP contribution is -2.19. The first-order valence-corrected chi connectivity index (χ1v) is 6.52. The third-order valence-corrected chi connectivity index (χ3v) is 3.20. The molecule has 110 valence electrons. The topological polar surface area (TPSA) is 125 Å². The molecule has 0 aromatic carbocycles. The fraction of sp³-hybridized carbons (Fsp3) is 0.300. The monoisotopic (exact) mass is 309 g/mol. The van der Waals surface area contributed by atoms with Gasteiger partial charge in [-0.15, -0.1) is 15.3 Å². The summed E-state index contributed by atoms with van der Waals surface area (Å²) < 4.78 is 5.83. The molecular weight excluding hydrogens is 298 g/mol. The summed E-state index contributed by atoms with van der Waals surface area (Å²) in [5.41, 5.74) is 0.205. The van der Waals surface area contributed by atoms with E-state index in [4.69, 9.17) is 0 Å². The van der Waals surface area contributed by atoms with Crippen molar-refractivity contribution in [2.24, 2.45) is 0 Å². The van der Waals surface area contributed by atoms with E-state index in [1.54, 1.807) is 6.07 Å². The molecule has 0 fully saturated rings. The number of hydrogen-bond acceptors (Lipinski definition) is 9. The highest BCUT2D eigenvalue weighted by atomic mass is 32.2. The lowest BCUT2D eigenvalue weighted by Gasteiger charge is -2.02. The molecule has 0 aliphatic carbocycles. The third-order valence-electron chi connectivity index (χ3n) is 2.30. The molecule has 0 saturated carbocycles. The van der Waals surface area contributed by atoms with E-state index in [0.717, 1.165) is 11.8 Å².